The van der Waals surface area contributed by atoms with E-state index in [9.17, 15) is 4.79 Å². The summed E-state index contributed by atoms with van der Waals surface area (Å²) in [6.07, 6.45) is 4.13. The van der Waals surface area contributed by atoms with E-state index < -0.39 is 0 Å². The number of nitrogen functional groups attached to an aromatic ring is 1. The maximum atomic E-state index is 12.9. The van der Waals surface area contributed by atoms with Crippen molar-refractivity contribution in [2.45, 2.75) is 38.1 Å². The summed E-state index contributed by atoms with van der Waals surface area (Å²) in [4.78, 5) is 12.9. The Balaban J connectivity index is 0.00000225. The number of rotatable bonds is 4. The molecule has 25 heavy (non-hydrogen) atoms. The number of carbonyl (C=O) groups excluding carboxylic acids is 1. The molecule has 2 aromatic carbocycles. The molecule has 1 fully saturated rings. The molecule has 2 aromatic rings. The number of methoxy groups -OCH3 is 1. The predicted octanol–water partition coefficient (Wildman–Crippen LogP) is 4.21. The summed E-state index contributed by atoms with van der Waals surface area (Å²) < 4.78 is 5.24. The smallest absolute Gasteiger partial charge is 0.252 e. The number of anilines is 1. The fraction of sp³-hybridized carbons (Fsp3) is 0.350. The van der Waals surface area contributed by atoms with Crippen LogP contribution in [0.5, 0.6) is 5.75 Å². The van der Waals surface area contributed by atoms with Gasteiger partial charge in [0, 0.05) is 11.3 Å². The second kappa shape index (κ2) is 7.79. The molecule has 1 amide bonds. The van der Waals surface area contributed by atoms with Gasteiger partial charge in [0.2, 0.25) is 0 Å². The number of hydrogen-bond acceptors (Lipinski definition) is 3. The second-order valence-electron chi connectivity index (χ2n) is 6.55. The Bertz CT molecular complexity index is 738. The van der Waals surface area contributed by atoms with E-state index in [1.165, 1.54) is 0 Å². The monoisotopic (exact) mass is 360 g/mol. The van der Waals surface area contributed by atoms with Crippen LogP contribution >= 0.6 is 12.4 Å². The van der Waals surface area contributed by atoms with Crippen molar-refractivity contribution in [3.05, 3.63) is 59.2 Å². The number of amides is 1. The molecule has 0 radical (unpaired) electrons. The fourth-order valence-electron chi connectivity index (χ4n) is 3.54. The lowest BCUT2D eigenvalue weighted by molar-refractivity contribution is 0.0897. The van der Waals surface area contributed by atoms with Crippen LogP contribution in [0.15, 0.2) is 42.5 Å². The third-order valence-corrected chi connectivity index (χ3v) is 4.96. The quantitative estimate of drug-likeness (QED) is 0.803. The van der Waals surface area contributed by atoms with Crippen molar-refractivity contribution < 1.29 is 9.53 Å². The molecule has 0 unspecified atom stereocenters. The average Bonchev–Trinajstić information content (AvgIpc) is 3.06. The predicted molar refractivity (Wildman–Crippen MR) is 103 cm³/mol. The summed E-state index contributed by atoms with van der Waals surface area (Å²) in [6, 6.07) is 13.5. The highest BCUT2D eigenvalue weighted by Crippen LogP contribution is 2.39. The van der Waals surface area contributed by atoms with Crippen LogP contribution in [0.2, 0.25) is 0 Å². The van der Waals surface area contributed by atoms with Crippen LogP contribution in [-0.4, -0.2) is 13.0 Å². The first-order chi connectivity index (χ1) is 11.5. The Morgan fingerprint density at radius 1 is 1.12 bits per heavy atom. The Morgan fingerprint density at radius 2 is 1.76 bits per heavy atom. The van der Waals surface area contributed by atoms with Crippen molar-refractivity contribution in [1.29, 1.82) is 0 Å². The molecule has 0 aliphatic heterocycles. The van der Waals surface area contributed by atoms with Gasteiger partial charge in [0.1, 0.15) is 5.75 Å². The lowest BCUT2D eigenvalue weighted by Gasteiger charge is -2.31. The molecule has 3 N–H and O–H groups in total. The minimum Gasteiger partial charge on any atom is -0.497 e. The molecule has 3 rings (SSSR count). The van der Waals surface area contributed by atoms with Gasteiger partial charge in [-0.05, 0) is 55.2 Å². The zero-order valence-electron chi connectivity index (χ0n) is 14.7. The van der Waals surface area contributed by atoms with Gasteiger partial charge in [-0.15, -0.1) is 12.4 Å². The van der Waals surface area contributed by atoms with Crippen LogP contribution in [0.1, 0.15) is 47.2 Å². The van der Waals surface area contributed by atoms with E-state index in [0.29, 0.717) is 11.3 Å². The number of halogens is 1. The molecular weight excluding hydrogens is 336 g/mol. The molecule has 1 saturated carbocycles. The molecule has 4 nitrogen and oxygen atoms in total. The van der Waals surface area contributed by atoms with Crippen LogP contribution in [0, 0.1) is 6.92 Å². The summed E-state index contributed by atoms with van der Waals surface area (Å²) in [7, 11) is 1.66. The standard InChI is InChI=1S/C20H24N2O2.ClH/c1-14-5-8-16(21)13-18(14)19(23)22-20(11-3-4-12-20)15-6-9-17(24-2)10-7-15;/h5-10,13H,3-4,11-12,21H2,1-2H3,(H,22,23);1H. The zero-order valence-corrected chi connectivity index (χ0v) is 15.5. The maximum absolute atomic E-state index is 12.9. The number of carbonyl (C=O) groups is 1. The van der Waals surface area contributed by atoms with Crippen LogP contribution in [0.25, 0.3) is 0 Å². The molecule has 134 valence electrons. The highest BCUT2D eigenvalue weighted by Gasteiger charge is 2.37. The highest BCUT2D eigenvalue weighted by molar-refractivity contribution is 5.97. The average molecular weight is 361 g/mol. The highest BCUT2D eigenvalue weighted by atomic mass is 35.5. The summed E-state index contributed by atoms with van der Waals surface area (Å²) in [5, 5.41) is 3.30. The third-order valence-electron chi connectivity index (χ3n) is 4.96. The summed E-state index contributed by atoms with van der Waals surface area (Å²) in [6.45, 7) is 1.93. The number of nitrogens with one attached hydrogen (secondary N) is 1. The van der Waals surface area contributed by atoms with Gasteiger partial charge in [-0.1, -0.05) is 31.0 Å². The van der Waals surface area contributed by atoms with Crippen molar-refractivity contribution in [3.63, 3.8) is 0 Å². The molecular formula is C20H25ClN2O2. The molecule has 5 heteroatoms. The van der Waals surface area contributed by atoms with E-state index in [1.807, 2.05) is 31.2 Å². The first-order valence-electron chi connectivity index (χ1n) is 8.37. The lowest BCUT2D eigenvalue weighted by Crippen LogP contribution is -2.44. The zero-order chi connectivity index (χ0) is 17.2. The largest absolute Gasteiger partial charge is 0.497 e. The number of hydrogen-bond donors (Lipinski definition) is 2. The normalized spacial score (nSPS) is 15.3. The molecule has 0 spiro atoms. The van der Waals surface area contributed by atoms with Crippen LogP contribution in [-0.2, 0) is 5.54 Å². The Hall–Kier alpha value is -2.20. The Labute approximate surface area is 155 Å². The van der Waals surface area contributed by atoms with E-state index >= 15 is 0 Å². The van der Waals surface area contributed by atoms with Gasteiger partial charge in [-0.2, -0.15) is 0 Å². The minimum atomic E-state index is -0.305. The minimum absolute atomic E-state index is 0. The molecule has 1 aliphatic carbocycles. The van der Waals surface area contributed by atoms with Crippen LogP contribution in [0.3, 0.4) is 0 Å². The van der Waals surface area contributed by atoms with Crippen molar-refractivity contribution in [1.82, 2.24) is 5.32 Å². The fourth-order valence-corrected chi connectivity index (χ4v) is 3.54. The third kappa shape index (κ3) is 3.90. The van der Waals surface area contributed by atoms with Gasteiger partial charge < -0.3 is 15.8 Å². The summed E-state index contributed by atoms with van der Waals surface area (Å²) in [5.41, 5.74) is 8.88. The number of benzene rings is 2. The summed E-state index contributed by atoms with van der Waals surface area (Å²) in [5.74, 6) is 0.766. The molecule has 0 saturated heterocycles. The molecule has 0 aromatic heterocycles. The summed E-state index contributed by atoms with van der Waals surface area (Å²) >= 11 is 0. The van der Waals surface area contributed by atoms with Gasteiger partial charge in [0.05, 0.1) is 12.6 Å². The van der Waals surface area contributed by atoms with E-state index in [0.717, 1.165) is 42.6 Å². The number of nitrogens with two attached hydrogens (primary N) is 1. The first kappa shape index (κ1) is 19.1. The van der Waals surface area contributed by atoms with Gasteiger partial charge in [-0.25, -0.2) is 0 Å². The Morgan fingerprint density at radius 3 is 2.36 bits per heavy atom. The Kier molecular flexibility index (Phi) is 5.96. The number of ether oxygens (including phenoxy) is 1. The van der Waals surface area contributed by atoms with Crippen molar-refractivity contribution in [3.8, 4) is 5.75 Å². The van der Waals surface area contributed by atoms with E-state index in [-0.39, 0.29) is 23.9 Å². The topological polar surface area (TPSA) is 64.3 Å². The van der Waals surface area contributed by atoms with E-state index in [2.05, 4.69) is 17.4 Å². The lowest BCUT2D eigenvalue weighted by atomic mass is 9.87. The van der Waals surface area contributed by atoms with E-state index in [1.54, 1.807) is 13.2 Å². The van der Waals surface area contributed by atoms with Crippen LogP contribution in [0.4, 0.5) is 5.69 Å². The SMILES string of the molecule is COc1ccc(C2(NC(=O)c3cc(N)ccc3C)CCCC2)cc1.Cl. The molecule has 1 aliphatic rings. The molecule has 0 bridgehead atoms. The maximum Gasteiger partial charge on any atom is 0.252 e. The van der Waals surface area contributed by atoms with Crippen molar-refractivity contribution >= 4 is 24.0 Å². The second-order valence-corrected chi connectivity index (χ2v) is 6.55. The van der Waals surface area contributed by atoms with Crippen molar-refractivity contribution in [2.24, 2.45) is 0 Å². The van der Waals surface area contributed by atoms with Gasteiger partial charge in [0.15, 0.2) is 0 Å². The van der Waals surface area contributed by atoms with Gasteiger partial charge in [-0.3, -0.25) is 4.79 Å². The van der Waals surface area contributed by atoms with Crippen molar-refractivity contribution in [2.75, 3.05) is 12.8 Å². The molecule has 0 atom stereocenters. The number of aryl methyl sites for hydroxylation is 1. The van der Waals surface area contributed by atoms with Gasteiger partial charge >= 0.3 is 0 Å². The van der Waals surface area contributed by atoms with E-state index in [4.69, 9.17) is 10.5 Å². The first-order valence-corrected chi connectivity index (χ1v) is 8.37. The molecule has 0 heterocycles. The van der Waals surface area contributed by atoms with Crippen LogP contribution < -0.4 is 15.8 Å². The van der Waals surface area contributed by atoms with Gasteiger partial charge in [0.25, 0.3) is 5.91 Å².